The largest absolute Gasteiger partial charge is 0.390 e. The van der Waals surface area contributed by atoms with Gasteiger partial charge in [0.15, 0.2) is 0 Å². The summed E-state index contributed by atoms with van der Waals surface area (Å²) in [4.78, 5) is 9.34. The summed E-state index contributed by atoms with van der Waals surface area (Å²) in [5.41, 5.74) is 3.28. The van der Waals surface area contributed by atoms with E-state index >= 15 is 0 Å². The quantitative estimate of drug-likeness (QED) is 0.895. The number of aliphatic hydroxyl groups excluding tert-OH is 1. The van der Waals surface area contributed by atoms with Crippen LogP contribution in [0.25, 0.3) is 5.65 Å². The van der Waals surface area contributed by atoms with Gasteiger partial charge in [-0.2, -0.15) is 0 Å². The molecule has 124 valence electrons. The van der Waals surface area contributed by atoms with Crippen LogP contribution in [0.2, 0.25) is 0 Å². The maximum Gasteiger partial charge on any atom is 0.137 e. The zero-order valence-corrected chi connectivity index (χ0v) is 13.6. The molecule has 0 aliphatic carbocycles. The van der Waals surface area contributed by atoms with Crippen LogP contribution in [0.15, 0.2) is 24.4 Å². The summed E-state index contributed by atoms with van der Waals surface area (Å²) >= 11 is 0. The van der Waals surface area contributed by atoms with Gasteiger partial charge in [0, 0.05) is 45.0 Å². The Morgan fingerprint density at radius 1 is 1.26 bits per heavy atom. The normalized spacial score (nSPS) is 27.0. The van der Waals surface area contributed by atoms with Crippen LogP contribution in [0.4, 0.5) is 0 Å². The number of hydrogen-bond acceptors (Lipinski definition) is 5. The molecule has 4 heterocycles. The highest BCUT2D eigenvalue weighted by Crippen LogP contribution is 2.21. The van der Waals surface area contributed by atoms with Crippen molar-refractivity contribution in [2.45, 2.75) is 25.6 Å². The van der Waals surface area contributed by atoms with Gasteiger partial charge < -0.3 is 14.2 Å². The highest BCUT2D eigenvalue weighted by Gasteiger charge is 2.36. The first kappa shape index (κ1) is 15.1. The number of nitrogens with zero attached hydrogens (tertiary/aromatic N) is 4. The molecule has 2 aliphatic heterocycles. The number of pyridine rings is 1. The summed E-state index contributed by atoms with van der Waals surface area (Å²) in [7, 11) is 0. The average Bonchev–Trinajstić information content (AvgIpc) is 3.09. The molecule has 0 amide bonds. The minimum Gasteiger partial charge on any atom is -0.390 e. The number of imidazole rings is 1. The van der Waals surface area contributed by atoms with E-state index in [1.807, 2.05) is 18.2 Å². The van der Waals surface area contributed by atoms with Crippen molar-refractivity contribution in [1.29, 1.82) is 0 Å². The smallest absolute Gasteiger partial charge is 0.137 e. The van der Waals surface area contributed by atoms with Gasteiger partial charge in [-0.15, -0.1) is 0 Å². The zero-order chi connectivity index (χ0) is 15.8. The Bertz CT molecular complexity index is 680. The number of aromatic nitrogens is 2. The molecule has 6 heteroatoms. The lowest BCUT2D eigenvalue weighted by atomic mass is 10.1. The van der Waals surface area contributed by atoms with E-state index in [9.17, 15) is 5.11 Å². The standard InChI is InChI=1S/C17H24N4O2/c1-13-14(21-5-3-2-4-17(21)18-13)10-19-11-15(16(22)12-19)20-6-8-23-9-7-20/h2-5,15-16,22H,6-12H2,1H3/t15-,16-/m0/s1. The van der Waals surface area contributed by atoms with Crippen LogP contribution in [0.5, 0.6) is 0 Å². The van der Waals surface area contributed by atoms with E-state index in [0.717, 1.165) is 57.3 Å². The van der Waals surface area contributed by atoms with E-state index in [4.69, 9.17) is 4.74 Å². The van der Waals surface area contributed by atoms with Crippen molar-refractivity contribution in [2.24, 2.45) is 0 Å². The first-order valence-corrected chi connectivity index (χ1v) is 8.37. The lowest BCUT2D eigenvalue weighted by Gasteiger charge is -2.33. The molecular formula is C17H24N4O2. The van der Waals surface area contributed by atoms with Gasteiger partial charge in [0.2, 0.25) is 0 Å². The van der Waals surface area contributed by atoms with Crippen LogP contribution in [0.1, 0.15) is 11.4 Å². The minimum atomic E-state index is -0.285. The molecule has 0 spiro atoms. The molecular weight excluding hydrogens is 292 g/mol. The zero-order valence-electron chi connectivity index (χ0n) is 13.6. The van der Waals surface area contributed by atoms with Crippen molar-refractivity contribution in [3.05, 3.63) is 35.8 Å². The number of fused-ring (bicyclic) bond motifs is 1. The SMILES string of the molecule is Cc1nc2ccccn2c1CN1C[C@H](O)[C@@H](N2CCOCC2)C1. The molecule has 0 bridgehead atoms. The van der Waals surface area contributed by atoms with Gasteiger partial charge in [-0.3, -0.25) is 9.80 Å². The van der Waals surface area contributed by atoms with E-state index in [0.29, 0.717) is 0 Å². The number of aryl methyl sites for hydroxylation is 1. The highest BCUT2D eigenvalue weighted by atomic mass is 16.5. The Hall–Kier alpha value is -1.47. The van der Waals surface area contributed by atoms with Crippen molar-refractivity contribution in [3.63, 3.8) is 0 Å². The fourth-order valence-corrected chi connectivity index (χ4v) is 3.81. The Balaban J connectivity index is 1.50. The van der Waals surface area contributed by atoms with E-state index in [1.165, 1.54) is 5.69 Å². The fraction of sp³-hybridized carbons (Fsp3) is 0.588. The molecule has 23 heavy (non-hydrogen) atoms. The number of morpholine rings is 1. The average molecular weight is 316 g/mol. The van der Waals surface area contributed by atoms with Crippen LogP contribution >= 0.6 is 0 Å². The van der Waals surface area contributed by atoms with E-state index < -0.39 is 0 Å². The maximum atomic E-state index is 10.5. The summed E-state index contributed by atoms with van der Waals surface area (Å²) < 4.78 is 7.58. The first-order valence-electron chi connectivity index (χ1n) is 8.37. The predicted octanol–water partition coefficient (Wildman–Crippen LogP) is 0.520. The molecule has 0 radical (unpaired) electrons. The molecule has 2 saturated heterocycles. The molecule has 2 aliphatic rings. The minimum absolute atomic E-state index is 0.221. The summed E-state index contributed by atoms with van der Waals surface area (Å²) in [5.74, 6) is 0. The molecule has 0 saturated carbocycles. The van der Waals surface area contributed by atoms with Crippen molar-refractivity contribution < 1.29 is 9.84 Å². The molecule has 0 unspecified atom stereocenters. The molecule has 2 fully saturated rings. The van der Waals surface area contributed by atoms with Gasteiger partial charge in [-0.05, 0) is 19.1 Å². The van der Waals surface area contributed by atoms with E-state index in [2.05, 4.69) is 32.3 Å². The third-order valence-electron chi connectivity index (χ3n) is 5.05. The van der Waals surface area contributed by atoms with Gasteiger partial charge in [0.25, 0.3) is 0 Å². The molecule has 4 rings (SSSR count). The summed E-state index contributed by atoms with van der Waals surface area (Å²) in [6, 6.07) is 6.30. The van der Waals surface area contributed by atoms with Gasteiger partial charge in [0.1, 0.15) is 5.65 Å². The summed E-state index contributed by atoms with van der Waals surface area (Å²) in [6.45, 7) is 7.91. The van der Waals surface area contributed by atoms with Gasteiger partial charge in [0.05, 0.1) is 30.7 Å². The second kappa shape index (κ2) is 6.20. The molecule has 0 aromatic carbocycles. The topological polar surface area (TPSA) is 53.2 Å². The summed E-state index contributed by atoms with van der Waals surface area (Å²) in [5, 5.41) is 10.5. The van der Waals surface area contributed by atoms with Crippen LogP contribution in [0, 0.1) is 6.92 Å². The molecule has 6 nitrogen and oxygen atoms in total. The molecule has 1 N–H and O–H groups in total. The number of aliphatic hydroxyl groups is 1. The van der Waals surface area contributed by atoms with E-state index in [1.54, 1.807) is 0 Å². The third-order valence-corrected chi connectivity index (χ3v) is 5.05. The molecule has 2 aromatic rings. The predicted molar refractivity (Wildman–Crippen MR) is 87.4 cm³/mol. The third kappa shape index (κ3) is 2.87. The Morgan fingerprint density at radius 3 is 2.91 bits per heavy atom. The van der Waals surface area contributed by atoms with Crippen molar-refractivity contribution in [3.8, 4) is 0 Å². The Morgan fingerprint density at radius 2 is 2.09 bits per heavy atom. The van der Waals surface area contributed by atoms with Crippen LogP contribution in [-0.4, -0.2) is 75.8 Å². The number of β-amino-alcohol motifs (C(OH)–C–C–N with tert-alkyl or cyclic N) is 1. The van der Waals surface area contributed by atoms with Crippen molar-refractivity contribution in [1.82, 2.24) is 19.2 Å². The lowest BCUT2D eigenvalue weighted by molar-refractivity contribution is -0.00618. The number of rotatable bonds is 3. The second-order valence-electron chi connectivity index (χ2n) is 6.55. The Labute approximate surface area is 136 Å². The Kier molecular flexibility index (Phi) is 4.07. The lowest BCUT2D eigenvalue weighted by Crippen LogP contribution is -2.48. The first-order chi connectivity index (χ1) is 11.2. The van der Waals surface area contributed by atoms with Gasteiger partial charge in [-0.1, -0.05) is 6.07 Å². The van der Waals surface area contributed by atoms with Crippen LogP contribution in [-0.2, 0) is 11.3 Å². The summed E-state index contributed by atoms with van der Waals surface area (Å²) in [6.07, 6.45) is 1.78. The molecule has 2 atom stereocenters. The monoisotopic (exact) mass is 316 g/mol. The van der Waals surface area contributed by atoms with Crippen LogP contribution < -0.4 is 0 Å². The second-order valence-corrected chi connectivity index (χ2v) is 6.55. The molecule has 2 aromatic heterocycles. The highest BCUT2D eigenvalue weighted by molar-refractivity contribution is 5.42. The fourth-order valence-electron chi connectivity index (χ4n) is 3.81. The van der Waals surface area contributed by atoms with Gasteiger partial charge >= 0.3 is 0 Å². The maximum absolute atomic E-state index is 10.5. The number of hydrogen-bond donors (Lipinski definition) is 1. The number of ether oxygens (including phenoxy) is 1. The van der Waals surface area contributed by atoms with Gasteiger partial charge in [-0.25, -0.2) is 4.98 Å². The van der Waals surface area contributed by atoms with Crippen molar-refractivity contribution in [2.75, 3.05) is 39.4 Å². The number of likely N-dealkylation sites (tertiary alicyclic amines) is 1. The van der Waals surface area contributed by atoms with Crippen LogP contribution in [0.3, 0.4) is 0 Å². The van der Waals surface area contributed by atoms with E-state index in [-0.39, 0.29) is 12.1 Å². The van der Waals surface area contributed by atoms with Crippen molar-refractivity contribution >= 4 is 5.65 Å².